The molecule has 2 aliphatic heterocycles. The van der Waals surface area contributed by atoms with Crippen molar-refractivity contribution in [1.82, 2.24) is 19.8 Å². The highest BCUT2D eigenvalue weighted by molar-refractivity contribution is 5.79. The van der Waals surface area contributed by atoms with Crippen LogP contribution >= 0.6 is 0 Å². The minimum absolute atomic E-state index is 0.0966. The zero-order valence-corrected chi connectivity index (χ0v) is 16.5. The number of amides is 1. The van der Waals surface area contributed by atoms with Gasteiger partial charge in [-0.3, -0.25) is 9.69 Å². The Kier molecular flexibility index (Phi) is 5.98. The van der Waals surface area contributed by atoms with Crippen LogP contribution in [0.25, 0.3) is 11.4 Å². The lowest BCUT2D eigenvalue weighted by Crippen LogP contribution is -2.48. The van der Waals surface area contributed by atoms with Crippen molar-refractivity contribution in [2.24, 2.45) is 5.92 Å². The smallest absolute Gasteiger partial charge is 0.227 e. The molecule has 0 spiro atoms. The Labute approximate surface area is 166 Å². The van der Waals surface area contributed by atoms with E-state index in [1.165, 1.54) is 5.56 Å². The number of nitrogens with zero attached hydrogens (tertiary/aromatic N) is 4. The average Bonchev–Trinajstić information content (AvgIpc) is 2.74. The minimum Gasteiger partial charge on any atom is -0.378 e. The van der Waals surface area contributed by atoms with Crippen LogP contribution < -0.4 is 0 Å². The molecule has 28 heavy (non-hydrogen) atoms. The fourth-order valence-electron chi connectivity index (χ4n) is 4.07. The van der Waals surface area contributed by atoms with Crippen LogP contribution in [0.1, 0.15) is 24.0 Å². The van der Waals surface area contributed by atoms with Gasteiger partial charge in [-0.2, -0.15) is 0 Å². The highest BCUT2D eigenvalue weighted by Crippen LogP contribution is 2.22. The molecule has 0 N–H and O–H groups in total. The van der Waals surface area contributed by atoms with Gasteiger partial charge in [0.15, 0.2) is 5.82 Å². The molecular weight excluding hydrogens is 352 g/mol. The molecule has 6 heteroatoms. The molecule has 1 aromatic carbocycles. The van der Waals surface area contributed by atoms with Crippen LogP contribution in [0.4, 0.5) is 0 Å². The van der Waals surface area contributed by atoms with Gasteiger partial charge in [-0.25, -0.2) is 9.97 Å². The van der Waals surface area contributed by atoms with Crippen LogP contribution in [0.5, 0.6) is 0 Å². The summed E-state index contributed by atoms with van der Waals surface area (Å²) in [4.78, 5) is 26.2. The SMILES string of the molecule is Cc1cccc(-c2ncc(CN3CCC[C@@H](C(=O)N4CCOCC4)C3)cn2)c1. The third-order valence-electron chi connectivity index (χ3n) is 5.57. The molecule has 2 aliphatic rings. The quantitative estimate of drug-likeness (QED) is 0.816. The van der Waals surface area contributed by atoms with Crippen LogP contribution in [-0.2, 0) is 16.1 Å². The number of likely N-dealkylation sites (tertiary alicyclic amines) is 1. The molecule has 148 valence electrons. The van der Waals surface area contributed by atoms with Crippen molar-refractivity contribution in [3.8, 4) is 11.4 Å². The van der Waals surface area contributed by atoms with Crippen molar-refractivity contribution >= 4 is 5.91 Å². The number of benzene rings is 1. The summed E-state index contributed by atoms with van der Waals surface area (Å²) in [5.41, 5.74) is 3.34. The monoisotopic (exact) mass is 380 g/mol. The van der Waals surface area contributed by atoms with Crippen molar-refractivity contribution in [2.75, 3.05) is 39.4 Å². The molecule has 4 rings (SSSR count). The summed E-state index contributed by atoms with van der Waals surface area (Å²) in [7, 11) is 0. The van der Waals surface area contributed by atoms with E-state index in [0.717, 1.165) is 62.5 Å². The first kappa shape index (κ1) is 19.0. The summed E-state index contributed by atoms with van der Waals surface area (Å²) in [6.07, 6.45) is 5.87. The van der Waals surface area contributed by atoms with Crippen molar-refractivity contribution in [2.45, 2.75) is 26.3 Å². The van der Waals surface area contributed by atoms with Crippen LogP contribution in [0, 0.1) is 12.8 Å². The van der Waals surface area contributed by atoms with Crippen molar-refractivity contribution in [3.05, 3.63) is 47.8 Å². The van der Waals surface area contributed by atoms with E-state index >= 15 is 0 Å². The Morgan fingerprint density at radius 2 is 1.96 bits per heavy atom. The molecule has 2 saturated heterocycles. The highest BCUT2D eigenvalue weighted by atomic mass is 16.5. The lowest BCUT2D eigenvalue weighted by Gasteiger charge is -2.36. The van der Waals surface area contributed by atoms with Crippen LogP contribution in [0.3, 0.4) is 0 Å². The second-order valence-corrected chi connectivity index (χ2v) is 7.80. The van der Waals surface area contributed by atoms with Crippen molar-refractivity contribution in [1.29, 1.82) is 0 Å². The lowest BCUT2D eigenvalue weighted by atomic mass is 9.96. The fourth-order valence-corrected chi connectivity index (χ4v) is 4.07. The maximum Gasteiger partial charge on any atom is 0.227 e. The third kappa shape index (κ3) is 4.56. The number of ether oxygens (including phenoxy) is 1. The van der Waals surface area contributed by atoms with Gasteiger partial charge >= 0.3 is 0 Å². The average molecular weight is 380 g/mol. The molecule has 1 aromatic heterocycles. The molecule has 2 fully saturated rings. The first-order chi connectivity index (χ1) is 13.7. The van der Waals surface area contributed by atoms with Crippen molar-refractivity contribution < 1.29 is 9.53 Å². The van der Waals surface area contributed by atoms with Gasteiger partial charge < -0.3 is 9.64 Å². The third-order valence-corrected chi connectivity index (χ3v) is 5.57. The molecule has 0 bridgehead atoms. The summed E-state index contributed by atoms with van der Waals surface area (Å²) >= 11 is 0. The van der Waals surface area contributed by atoms with Gasteiger partial charge in [0.05, 0.1) is 19.1 Å². The molecule has 0 radical (unpaired) electrons. The summed E-state index contributed by atoms with van der Waals surface area (Å²) in [6, 6.07) is 8.24. The first-order valence-corrected chi connectivity index (χ1v) is 10.2. The molecular formula is C22H28N4O2. The van der Waals surface area contributed by atoms with E-state index in [9.17, 15) is 4.79 Å². The number of carbonyl (C=O) groups excluding carboxylic acids is 1. The molecule has 6 nitrogen and oxygen atoms in total. The van der Waals surface area contributed by atoms with Gasteiger partial charge in [0.2, 0.25) is 5.91 Å². The Morgan fingerprint density at radius 3 is 2.71 bits per heavy atom. The standard InChI is InChI=1S/C22H28N4O2/c1-17-4-2-5-19(12-17)21-23-13-18(14-24-21)15-25-7-3-6-20(16-25)22(27)26-8-10-28-11-9-26/h2,4-5,12-14,20H,3,6-11,15-16H2,1H3/t20-/m1/s1. The second-order valence-electron chi connectivity index (χ2n) is 7.80. The fraction of sp³-hybridized carbons (Fsp3) is 0.500. The maximum atomic E-state index is 12.8. The van der Waals surface area contributed by atoms with Gasteiger partial charge in [0.25, 0.3) is 0 Å². The zero-order chi connectivity index (χ0) is 19.3. The number of piperidine rings is 1. The summed E-state index contributed by atoms with van der Waals surface area (Å²) in [5.74, 6) is 1.14. The maximum absolute atomic E-state index is 12.8. The summed E-state index contributed by atoms with van der Waals surface area (Å²) in [6.45, 7) is 7.47. The number of hydrogen-bond acceptors (Lipinski definition) is 5. The number of rotatable bonds is 4. The van der Waals surface area contributed by atoms with E-state index < -0.39 is 0 Å². The van der Waals surface area contributed by atoms with Crippen molar-refractivity contribution in [3.63, 3.8) is 0 Å². The summed E-state index contributed by atoms with van der Waals surface area (Å²) in [5, 5.41) is 0. The van der Waals surface area contributed by atoms with E-state index in [2.05, 4.69) is 33.9 Å². The van der Waals surface area contributed by atoms with Gasteiger partial charge in [0.1, 0.15) is 0 Å². The van der Waals surface area contributed by atoms with Crippen LogP contribution in [0.2, 0.25) is 0 Å². The van der Waals surface area contributed by atoms with Gasteiger partial charge in [-0.15, -0.1) is 0 Å². The molecule has 3 heterocycles. The zero-order valence-electron chi connectivity index (χ0n) is 16.5. The largest absolute Gasteiger partial charge is 0.378 e. The topological polar surface area (TPSA) is 58.6 Å². The Morgan fingerprint density at radius 1 is 1.18 bits per heavy atom. The van der Waals surface area contributed by atoms with E-state index in [0.29, 0.717) is 19.1 Å². The Hall–Kier alpha value is -2.31. The normalized spacial score (nSPS) is 20.9. The number of aromatic nitrogens is 2. The first-order valence-electron chi connectivity index (χ1n) is 10.2. The van der Waals surface area contributed by atoms with Crippen LogP contribution in [-0.4, -0.2) is 65.1 Å². The highest BCUT2D eigenvalue weighted by Gasteiger charge is 2.30. The minimum atomic E-state index is 0.0966. The Balaban J connectivity index is 1.36. The van der Waals surface area contributed by atoms with Gasteiger partial charge in [-0.05, 0) is 32.4 Å². The predicted octanol–water partition coefficient (Wildman–Crippen LogP) is 2.52. The van der Waals surface area contributed by atoms with Crippen LogP contribution in [0.15, 0.2) is 36.7 Å². The molecule has 0 unspecified atom stereocenters. The van der Waals surface area contributed by atoms with E-state index in [-0.39, 0.29) is 5.92 Å². The molecule has 2 aromatic rings. The molecule has 1 atom stereocenters. The number of hydrogen-bond donors (Lipinski definition) is 0. The number of morpholine rings is 1. The molecule has 1 amide bonds. The van der Waals surface area contributed by atoms with Gasteiger partial charge in [0, 0.05) is 49.7 Å². The lowest BCUT2D eigenvalue weighted by molar-refractivity contribution is -0.141. The number of carbonyl (C=O) groups is 1. The van der Waals surface area contributed by atoms with E-state index in [1.807, 2.05) is 29.4 Å². The second kappa shape index (κ2) is 8.80. The number of aryl methyl sites for hydroxylation is 1. The van der Waals surface area contributed by atoms with Gasteiger partial charge in [-0.1, -0.05) is 23.8 Å². The van der Waals surface area contributed by atoms with E-state index in [4.69, 9.17) is 4.74 Å². The predicted molar refractivity (Wildman–Crippen MR) is 108 cm³/mol. The Bertz CT molecular complexity index is 802. The molecule has 0 aliphatic carbocycles. The summed E-state index contributed by atoms with van der Waals surface area (Å²) < 4.78 is 5.37. The van der Waals surface area contributed by atoms with E-state index in [1.54, 1.807) is 0 Å². The molecule has 0 saturated carbocycles.